The van der Waals surface area contributed by atoms with Crippen LogP contribution in [0.15, 0.2) is 12.3 Å². The van der Waals surface area contributed by atoms with E-state index in [0.29, 0.717) is 6.54 Å². The maximum atomic E-state index is 13.7. The van der Waals surface area contributed by atoms with E-state index in [2.05, 4.69) is 9.88 Å². The Labute approximate surface area is 112 Å². The summed E-state index contributed by atoms with van der Waals surface area (Å²) in [5.74, 6) is -1.33. The molecule has 0 unspecified atom stereocenters. The first-order valence-corrected chi connectivity index (χ1v) is 6.47. The number of halogens is 1. The largest absolute Gasteiger partial charge is 0.381 e. The van der Waals surface area contributed by atoms with Gasteiger partial charge in [-0.15, -0.1) is 0 Å². The first-order valence-electron chi connectivity index (χ1n) is 6.47. The van der Waals surface area contributed by atoms with E-state index in [1.807, 2.05) is 0 Å². The quantitative estimate of drug-likeness (QED) is 0.882. The van der Waals surface area contributed by atoms with Crippen LogP contribution in [0.25, 0.3) is 0 Å². The summed E-state index contributed by atoms with van der Waals surface area (Å²) in [6.07, 6.45) is 3.78. The molecule has 6 heteroatoms. The lowest BCUT2D eigenvalue weighted by Crippen LogP contribution is -2.35. The molecule has 1 saturated heterocycles. The molecule has 0 radical (unpaired) electrons. The normalized spacial score (nSPS) is 15.7. The van der Waals surface area contributed by atoms with Crippen LogP contribution in [0.4, 0.5) is 10.2 Å². The zero-order valence-corrected chi connectivity index (χ0v) is 11.1. The fourth-order valence-electron chi connectivity index (χ4n) is 2.23. The number of pyridine rings is 1. The van der Waals surface area contributed by atoms with Crippen molar-refractivity contribution in [3.8, 4) is 0 Å². The highest BCUT2D eigenvalue weighted by molar-refractivity contribution is 5.94. The minimum Gasteiger partial charge on any atom is -0.381 e. The van der Waals surface area contributed by atoms with Crippen molar-refractivity contribution in [3.05, 3.63) is 23.6 Å². The van der Waals surface area contributed by atoms with Gasteiger partial charge in [0.2, 0.25) is 0 Å². The Kier molecular flexibility index (Phi) is 4.31. The average Bonchev–Trinajstić information content (AvgIpc) is 2.91. The predicted octanol–water partition coefficient (Wildman–Crippen LogP) is 0.971. The van der Waals surface area contributed by atoms with Crippen molar-refractivity contribution >= 4 is 11.7 Å². The Morgan fingerprint density at radius 1 is 1.53 bits per heavy atom. The number of hydrogen-bond acceptors (Lipinski definition) is 4. The van der Waals surface area contributed by atoms with E-state index in [1.54, 1.807) is 7.05 Å². The van der Waals surface area contributed by atoms with Crippen molar-refractivity contribution in [2.75, 3.05) is 39.0 Å². The summed E-state index contributed by atoms with van der Waals surface area (Å²) in [4.78, 5) is 19.6. The van der Waals surface area contributed by atoms with Crippen molar-refractivity contribution in [2.45, 2.75) is 12.8 Å². The molecule has 1 aliphatic rings. The molecule has 1 aliphatic heterocycles. The third-order valence-corrected chi connectivity index (χ3v) is 3.44. The van der Waals surface area contributed by atoms with E-state index < -0.39 is 5.82 Å². The van der Waals surface area contributed by atoms with Gasteiger partial charge in [0.05, 0.1) is 5.56 Å². The first-order chi connectivity index (χ1) is 9.09. The third-order valence-electron chi connectivity index (χ3n) is 3.44. The molecule has 1 aromatic rings. The van der Waals surface area contributed by atoms with Gasteiger partial charge in [0.15, 0.2) is 11.6 Å². The Morgan fingerprint density at radius 2 is 2.21 bits per heavy atom. The Morgan fingerprint density at radius 3 is 2.89 bits per heavy atom. The Bertz CT molecular complexity index is 460. The molecule has 1 fully saturated rings. The van der Waals surface area contributed by atoms with Crippen LogP contribution in [0.2, 0.25) is 0 Å². The molecule has 2 rings (SSSR count). The van der Waals surface area contributed by atoms with E-state index in [9.17, 15) is 9.18 Å². The molecule has 5 nitrogen and oxygen atoms in total. The van der Waals surface area contributed by atoms with Gasteiger partial charge in [0.1, 0.15) is 0 Å². The van der Waals surface area contributed by atoms with Gasteiger partial charge in [-0.2, -0.15) is 0 Å². The molecule has 0 aromatic carbocycles. The Hall–Kier alpha value is -1.69. The van der Waals surface area contributed by atoms with Gasteiger partial charge in [-0.05, 0) is 32.0 Å². The number of anilines is 1. The molecule has 1 aromatic heterocycles. The minimum atomic E-state index is -0.736. The maximum absolute atomic E-state index is 13.7. The van der Waals surface area contributed by atoms with Crippen LogP contribution in [0, 0.1) is 5.82 Å². The lowest BCUT2D eigenvalue weighted by atomic mass is 10.2. The highest BCUT2D eigenvalue weighted by atomic mass is 19.1. The molecule has 0 atom stereocenters. The molecule has 19 heavy (non-hydrogen) atoms. The zero-order valence-electron chi connectivity index (χ0n) is 11.1. The van der Waals surface area contributed by atoms with Crippen LogP contribution < -0.4 is 5.73 Å². The van der Waals surface area contributed by atoms with E-state index in [4.69, 9.17) is 5.73 Å². The van der Waals surface area contributed by atoms with Gasteiger partial charge in [0.25, 0.3) is 5.91 Å². The van der Waals surface area contributed by atoms with Crippen LogP contribution in [-0.4, -0.2) is 53.9 Å². The molecular weight excluding hydrogens is 247 g/mol. The average molecular weight is 266 g/mol. The fraction of sp³-hybridized carbons (Fsp3) is 0.538. The monoisotopic (exact) mass is 266 g/mol. The smallest absolute Gasteiger partial charge is 0.256 e. The van der Waals surface area contributed by atoms with Gasteiger partial charge in [-0.25, -0.2) is 9.37 Å². The number of nitrogens with zero attached hydrogens (tertiary/aromatic N) is 3. The topological polar surface area (TPSA) is 62.5 Å². The van der Waals surface area contributed by atoms with Gasteiger partial charge in [-0.1, -0.05) is 0 Å². The number of likely N-dealkylation sites (N-methyl/N-ethyl adjacent to an activating group) is 1. The Balaban J connectivity index is 1.96. The van der Waals surface area contributed by atoms with Crippen LogP contribution in [-0.2, 0) is 0 Å². The van der Waals surface area contributed by atoms with Crippen LogP contribution in [0.3, 0.4) is 0 Å². The second-order valence-corrected chi connectivity index (χ2v) is 4.83. The van der Waals surface area contributed by atoms with Crippen LogP contribution in [0.5, 0.6) is 0 Å². The summed E-state index contributed by atoms with van der Waals surface area (Å²) in [5.41, 5.74) is 5.35. The highest BCUT2D eigenvalue weighted by Crippen LogP contribution is 2.14. The van der Waals surface area contributed by atoms with Crippen LogP contribution >= 0.6 is 0 Å². The fourth-order valence-corrected chi connectivity index (χ4v) is 2.23. The number of rotatable bonds is 4. The SMILES string of the molecule is CN(CCN1CCCC1)C(=O)c1ccnc(N)c1F. The standard InChI is InChI=1S/C13H19FN4O/c1-17(8-9-18-6-2-3-7-18)13(19)10-4-5-16-12(15)11(10)14/h4-5H,2-3,6-9H2,1H3,(H2,15,16). The number of likely N-dealkylation sites (tertiary alicyclic amines) is 1. The van der Waals surface area contributed by atoms with Gasteiger partial charge in [0, 0.05) is 26.3 Å². The number of hydrogen-bond donors (Lipinski definition) is 1. The molecule has 0 saturated carbocycles. The van der Waals surface area contributed by atoms with E-state index in [-0.39, 0.29) is 17.3 Å². The van der Waals surface area contributed by atoms with Gasteiger partial charge >= 0.3 is 0 Å². The number of nitrogens with two attached hydrogens (primary N) is 1. The number of nitrogen functional groups attached to an aromatic ring is 1. The van der Waals surface area contributed by atoms with Crippen molar-refractivity contribution in [3.63, 3.8) is 0 Å². The van der Waals surface area contributed by atoms with Crippen molar-refractivity contribution in [2.24, 2.45) is 0 Å². The molecule has 0 aliphatic carbocycles. The zero-order chi connectivity index (χ0) is 13.8. The molecule has 0 spiro atoms. The summed E-state index contributed by atoms with van der Waals surface area (Å²) in [5, 5.41) is 0. The second-order valence-electron chi connectivity index (χ2n) is 4.83. The van der Waals surface area contributed by atoms with Crippen molar-refractivity contribution in [1.29, 1.82) is 0 Å². The first kappa shape index (κ1) is 13.7. The number of carbonyl (C=O) groups is 1. The number of aromatic nitrogens is 1. The molecule has 0 bridgehead atoms. The summed E-state index contributed by atoms with van der Waals surface area (Å²) >= 11 is 0. The van der Waals surface area contributed by atoms with Crippen LogP contribution in [0.1, 0.15) is 23.2 Å². The minimum absolute atomic E-state index is 0.0172. The summed E-state index contributed by atoms with van der Waals surface area (Å²) in [7, 11) is 1.68. The van der Waals surface area contributed by atoms with Gasteiger partial charge in [-0.3, -0.25) is 4.79 Å². The molecular formula is C13H19FN4O. The van der Waals surface area contributed by atoms with E-state index >= 15 is 0 Å². The third kappa shape index (κ3) is 3.20. The summed E-state index contributed by atoms with van der Waals surface area (Å²) in [6, 6.07) is 1.36. The molecule has 2 N–H and O–H groups in total. The van der Waals surface area contributed by atoms with Gasteiger partial charge < -0.3 is 15.5 Å². The van der Waals surface area contributed by atoms with E-state index in [0.717, 1.165) is 19.6 Å². The summed E-state index contributed by atoms with van der Waals surface area (Å²) < 4.78 is 13.7. The predicted molar refractivity (Wildman–Crippen MR) is 71.2 cm³/mol. The lowest BCUT2D eigenvalue weighted by Gasteiger charge is -2.21. The second kappa shape index (κ2) is 5.97. The highest BCUT2D eigenvalue weighted by Gasteiger charge is 2.19. The lowest BCUT2D eigenvalue weighted by molar-refractivity contribution is 0.0777. The molecule has 2 heterocycles. The summed E-state index contributed by atoms with van der Waals surface area (Å²) in [6.45, 7) is 3.57. The molecule has 1 amide bonds. The van der Waals surface area contributed by atoms with Crippen molar-refractivity contribution in [1.82, 2.24) is 14.8 Å². The van der Waals surface area contributed by atoms with Crippen molar-refractivity contribution < 1.29 is 9.18 Å². The number of carbonyl (C=O) groups excluding carboxylic acids is 1. The molecule has 104 valence electrons. The maximum Gasteiger partial charge on any atom is 0.256 e. The van der Waals surface area contributed by atoms with E-state index in [1.165, 1.54) is 30.0 Å². The number of amides is 1.